The molecule has 4 heteroatoms. The van der Waals surface area contributed by atoms with Gasteiger partial charge < -0.3 is 5.11 Å². The third-order valence-corrected chi connectivity index (χ3v) is 4.88. The highest BCUT2D eigenvalue weighted by molar-refractivity contribution is 7.08. The summed E-state index contributed by atoms with van der Waals surface area (Å²) in [5, 5.41) is 14.4. The molecule has 0 radical (unpaired) electrons. The lowest BCUT2D eigenvalue weighted by molar-refractivity contribution is 0.475. The fraction of sp³-hybridized carbons (Fsp3) is 0. The number of benzene rings is 2. The maximum absolute atomic E-state index is 9.54. The van der Waals surface area contributed by atoms with E-state index < -0.39 is 0 Å². The average Bonchev–Trinajstić information content (AvgIpc) is 3.17. The van der Waals surface area contributed by atoms with Crippen molar-refractivity contribution in [3.8, 4) is 39.4 Å². The second-order valence-electron chi connectivity index (χ2n) is 5.70. The summed E-state index contributed by atoms with van der Waals surface area (Å²) in [6.45, 7) is 0. The number of pyridine rings is 1. The van der Waals surface area contributed by atoms with Crippen LogP contribution < -0.4 is 0 Å². The lowest BCUT2D eigenvalue weighted by Gasteiger charge is -2.10. The minimum absolute atomic E-state index is 0.243. The number of phenolic OH excluding ortho intramolecular Hbond substituents is 1. The highest BCUT2D eigenvalue weighted by Gasteiger charge is 2.09. The summed E-state index contributed by atoms with van der Waals surface area (Å²) >= 11 is 7.82. The van der Waals surface area contributed by atoms with Crippen molar-refractivity contribution in [2.24, 2.45) is 0 Å². The number of halogens is 1. The summed E-state index contributed by atoms with van der Waals surface area (Å²) in [5.74, 6) is 0.243. The molecule has 0 unspecified atom stereocenters. The van der Waals surface area contributed by atoms with E-state index in [1.165, 1.54) is 0 Å². The van der Waals surface area contributed by atoms with Crippen LogP contribution in [0.3, 0.4) is 0 Å². The molecule has 2 aromatic carbocycles. The normalized spacial score (nSPS) is 10.8. The van der Waals surface area contributed by atoms with E-state index in [-0.39, 0.29) is 5.75 Å². The van der Waals surface area contributed by atoms with Crippen LogP contribution in [0.4, 0.5) is 0 Å². The predicted octanol–water partition coefficient (Wildman–Crippen LogP) is 6.50. The summed E-state index contributed by atoms with van der Waals surface area (Å²) in [4.78, 5) is 4.82. The maximum Gasteiger partial charge on any atom is 0.115 e. The molecule has 2 aromatic heterocycles. The van der Waals surface area contributed by atoms with Gasteiger partial charge in [-0.05, 0) is 76.5 Å². The van der Waals surface area contributed by atoms with E-state index in [1.54, 1.807) is 23.5 Å². The number of thiophene rings is 1. The van der Waals surface area contributed by atoms with Gasteiger partial charge in [0.15, 0.2) is 0 Å². The van der Waals surface area contributed by atoms with Crippen LogP contribution >= 0.6 is 22.9 Å². The summed E-state index contributed by atoms with van der Waals surface area (Å²) in [6.07, 6.45) is 0. The number of aromatic nitrogens is 1. The first-order valence-electron chi connectivity index (χ1n) is 7.79. The van der Waals surface area contributed by atoms with E-state index in [0.29, 0.717) is 5.02 Å². The van der Waals surface area contributed by atoms with Gasteiger partial charge in [0.2, 0.25) is 0 Å². The van der Waals surface area contributed by atoms with Crippen molar-refractivity contribution in [1.29, 1.82) is 0 Å². The molecule has 0 amide bonds. The first kappa shape index (κ1) is 15.9. The fourth-order valence-corrected chi connectivity index (χ4v) is 3.56. The van der Waals surface area contributed by atoms with Gasteiger partial charge in [-0.3, -0.25) is 0 Å². The van der Waals surface area contributed by atoms with Gasteiger partial charge in [-0.15, -0.1) is 0 Å². The Morgan fingerprint density at radius 2 is 1.52 bits per heavy atom. The van der Waals surface area contributed by atoms with Crippen LogP contribution in [0.1, 0.15) is 0 Å². The lowest BCUT2D eigenvalue weighted by Crippen LogP contribution is -1.90. The molecule has 0 bridgehead atoms. The number of phenols is 1. The third kappa shape index (κ3) is 3.43. The molecule has 0 aliphatic rings. The Labute approximate surface area is 155 Å². The van der Waals surface area contributed by atoms with Crippen molar-refractivity contribution in [1.82, 2.24) is 4.98 Å². The largest absolute Gasteiger partial charge is 0.508 e. The van der Waals surface area contributed by atoms with E-state index in [4.69, 9.17) is 16.6 Å². The number of nitrogens with zero attached hydrogens (tertiary/aromatic N) is 1. The first-order valence-corrected chi connectivity index (χ1v) is 9.11. The predicted molar refractivity (Wildman–Crippen MR) is 105 cm³/mol. The fourth-order valence-electron chi connectivity index (χ4n) is 2.70. The number of rotatable bonds is 3. The van der Waals surface area contributed by atoms with E-state index >= 15 is 0 Å². The van der Waals surface area contributed by atoms with E-state index in [0.717, 1.165) is 33.6 Å². The first-order chi connectivity index (χ1) is 12.2. The van der Waals surface area contributed by atoms with Crippen LogP contribution in [0.15, 0.2) is 77.5 Å². The smallest absolute Gasteiger partial charge is 0.115 e. The van der Waals surface area contributed by atoms with Crippen molar-refractivity contribution in [3.63, 3.8) is 0 Å². The van der Waals surface area contributed by atoms with Gasteiger partial charge in [-0.1, -0.05) is 23.7 Å². The van der Waals surface area contributed by atoms with Crippen molar-refractivity contribution >= 4 is 22.9 Å². The zero-order chi connectivity index (χ0) is 17.2. The van der Waals surface area contributed by atoms with Crippen LogP contribution in [0.5, 0.6) is 5.75 Å². The Bertz CT molecular complexity index is 1010. The molecular formula is C21H14ClNOS. The minimum atomic E-state index is 0.243. The van der Waals surface area contributed by atoms with Crippen molar-refractivity contribution in [2.75, 3.05) is 0 Å². The molecule has 0 fully saturated rings. The van der Waals surface area contributed by atoms with Crippen LogP contribution in [0.2, 0.25) is 5.02 Å². The van der Waals surface area contributed by atoms with Crippen LogP contribution in [-0.4, -0.2) is 10.1 Å². The third-order valence-electron chi connectivity index (χ3n) is 3.96. The maximum atomic E-state index is 9.54. The summed E-state index contributed by atoms with van der Waals surface area (Å²) in [7, 11) is 0. The lowest BCUT2D eigenvalue weighted by atomic mass is 10.0. The summed E-state index contributed by atoms with van der Waals surface area (Å²) in [6, 6.07) is 21.1. The second kappa shape index (κ2) is 6.71. The van der Waals surface area contributed by atoms with Gasteiger partial charge in [0.1, 0.15) is 5.75 Å². The van der Waals surface area contributed by atoms with Gasteiger partial charge >= 0.3 is 0 Å². The zero-order valence-electron chi connectivity index (χ0n) is 13.2. The van der Waals surface area contributed by atoms with Gasteiger partial charge in [0.25, 0.3) is 0 Å². The topological polar surface area (TPSA) is 33.1 Å². The van der Waals surface area contributed by atoms with Crippen LogP contribution in [0, 0.1) is 0 Å². The molecule has 4 aromatic rings. The van der Waals surface area contributed by atoms with E-state index in [1.807, 2.05) is 36.4 Å². The molecule has 1 N–H and O–H groups in total. The number of hydrogen-bond donors (Lipinski definition) is 1. The van der Waals surface area contributed by atoms with Crippen molar-refractivity contribution in [3.05, 3.63) is 82.5 Å². The molecule has 0 aliphatic carbocycles. The molecule has 0 spiro atoms. The minimum Gasteiger partial charge on any atom is -0.508 e. The van der Waals surface area contributed by atoms with Gasteiger partial charge in [-0.2, -0.15) is 11.3 Å². The van der Waals surface area contributed by atoms with Gasteiger partial charge in [-0.25, -0.2) is 4.98 Å². The van der Waals surface area contributed by atoms with Crippen molar-refractivity contribution in [2.45, 2.75) is 0 Å². The molecule has 25 heavy (non-hydrogen) atoms. The molecular weight excluding hydrogens is 350 g/mol. The standard InChI is InChI=1S/C21H14ClNOS/c22-18-3-1-2-15(10-18)21-12-17(16-8-9-25-13-16)11-20(23-21)14-4-6-19(24)7-5-14/h1-13,24H. The second-order valence-corrected chi connectivity index (χ2v) is 6.91. The summed E-state index contributed by atoms with van der Waals surface area (Å²) < 4.78 is 0. The highest BCUT2D eigenvalue weighted by Crippen LogP contribution is 2.32. The van der Waals surface area contributed by atoms with Crippen LogP contribution in [0.25, 0.3) is 33.6 Å². The Balaban J connectivity index is 1.90. The number of aromatic hydroxyl groups is 1. The highest BCUT2D eigenvalue weighted by atomic mass is 35.5. The van der Waals surface area contributed by atoms with Crippen LogP contribution in [-0.2, 0) is 0 Å². The van der Waals surface area contributed by atoms with Gasteiger partial charge in [0, 0.05) is 16.1 Å². The Morgan fingerprint density at radius 1 is 0.760 bits per heavy atom. The Hall–Kier alpha value is -2.62. The Kier molecular flexibility index (Phi) is 4.26. The zero-order valence-corrected chi connectivity index (χ0v) is 14.8. The van der Waals surface area contributed by atoms with Crippen molar-refractivity contribution < 1.29 is 5.11 Å². The number of hydrogen-bond acceptors (Lipinski definition) is 3. The average molecular weight is 364 g/mol. The monoisotopic (exact) mass is 363 g/mol. The molecule has 2 nitrogen and oxygen atoms in total. The molecule has 4 rings (SSSR count). The molecule has 0 saturated heterocycles. The SMILES string of the molecule is Oc1ccc(-c2cc(-c3ccsc3)cc(-c3cccc(Cl)c3)n2)cc1. The quantitative estimate of drug-likeness (QED) is 0.450. The molecule has 122 valence electrons. The molecule has 0 atom stereocenters. The van der Waals surface area contributed by atoms with E-state index in [9.17, 15) is 5.11 Å². The van der Waals surface area contributed by atoms with E-state index in [2.05, 4.69) is 29.0 Å². The van der Waals surface area contributed by atoms with Gasteiger partial charge in [0.05, 0.1) is 11.4 Å². The molecule has 0 aliphatic heterocycles. The molecule has 0 saturated carbocycles. The molecule has 2 heterocycles. The Morgan fingerprint density at radius 3 is 2.20 bits per heavy atom. The summed E-state index contributed by atoms with van der Waals surface area (Å²) in [5.41, 5.74) is 5.93.